The second-order valence-corrected chi connectivity index (χ2v) is 7.28. The van der Waals surface area contributed by atoms with Crippen molar-refractivity contribution in [2.24, 2.45) is 0 Å². The topological polar surface area (TPSA) is 54.4 Å². The molecule has 3 rings (SSSR count). The van der Waals surface area contributed by atoms with Crippen LogP contribution in [-0.4, -0.2) is 86.8 Å². The van der Waals surface area contributed by atoms with E-state index < -0.39 is 6.10 Å². The SMILES string of the molecule is CN(Cc1cccc(OCC(O)CN2CCOCC2)c1)C1CCOCC1. The zero-order valence-corrected chi connectivity index (χ0v) is 15.8. The summed E-state index contributed by atoms with van der Waals surface area (Å²) in [5, 5.41) is 10.2. The van der Waals surface area contributed by atoms with Crippen LogP contribution in [0.2, 0.25) is 0 Å². The molecular formula is C20H32N2O4. The Balaban J connectivity index is 1.44. The van der Waals surface area contributed by atoms with E-state index >= 15 is 0 Å². The van der Waals surface area contributed by atoms with Gasteiger partial charge in [-0.15, -0.1) is 0 Å². The third-order valence-electron chi connectivity index (χ3n) is 5.16. The molecule has 0 bridgehead atoms. The Morgan fingerprint density at radius 1 is 1.19 bits per heavy atom. The number of hydrogen-bond acceptors (Lipinski definition) is 6. The first kappa shape index (κ1) is 19.6. The van der Waals surface area contributed by atoms with Gasteiger partial charge in [-0.3, -0.25) is 9.80 Å². The summed E-state index contributed by atoms with van der Waals surface area (Å²) in [5.41, 5.74) is 1.24. The number of nitrogens with zero attached hydrogens (tertiary/aromatic N) is 2. The summed E-state index contributed by atoms with van der Waals surface area (Å²) >= 11 is 0. The van der Waals surface area contributed by atoms with Gasteiger partial charge >= 0.3 is 0 Å². The van der Waals surface area contributed by atoms with Crippen LogP contribution >= 0.6 is 0 Å². The molecule has 0 amide bonds. The minimum atomic E-state index is -0.485. The molecule has 0 aromatic heterocycles. The van der Waals surface area contributed by atoms with E-state index in [1.165, 1.54) is 5.56 Å². The van der Waals surface area contributed by atoms with E-state index in [0.29, 0.717) is 19.2 Å². The molecule has 2 heterocycles. The van der Waals surface area contributed by atoms with E-state index in [-0.39, 0.29) is 0 Å². The van der Waals surface area contributed by atoms with Gasteiger partial charge in [-0.2, -0.15) is 0 Å². The molecule has 1 unspecified atom stereocenters. The highest BCUT2D eigenvalue weighted by atomic mass is 16.5. The maximum absolute atomic E-state index is 10.2. The van der Waals surface area contributed by atoms with Crippen LogP contribution in [0.1, 0.15) is 18.4 Å². The third kappa shape index (κ3) is 6.21. The van der Waals surface area contributed by atoms with Gasteiger partial charge in [0.1, 0.15) is 18.5 Å². The van der Waals surface area contributed by atoms with Gasteiger partial charge < -0.3 is 19.3 Å². The monoisotopic (exact) mass is 364 g/mol. The number of ether oxygens (including phenoxy) is 3. The molecule has 6 heteroatoms. The highest BCUT2D eigenvalue weighted by Gasteiger charge is 2.19. The lowest BCUT2D eigenvalue weighted by atomic mass is 10.1. The Morgan fingerprint density at radius 3 is 2.69 bits per heavy atom. The Hall–Kier alpha value is -1.18. The number of aliphatic hydroxyl groups excluding tert-OH is 1. The molecule has 1 aromatic rings. The lowest BCUT2D eigenvalue weighted by molar-refractivity contribution is 0.00464. The van der Waals surface area contributed by atoms with Gasteiger partial charge in [0.2, 0.25) is 0 Å². The molecule has 0 saturated carbocycles. The molecule has 1 N–H and O–H groups in total. The van der Waals surface area contributed by atoms with Crippen molar-refractivity contribution in [3.63, 3.8) is 0 Å². The highest BCUT2D eigenvalue weighted by molar-refractivity contribution is 5.28. The lowest BCUT2D eigenvalue weighted by Crippen LogP contribution is -2.42. The molecule has 0 aliphatic carbocycles. The predicted octanol–water partition coefficient (Wildman–Crippen LogP) is 1.37. The van der Waals surface area contributed by atoms with E-state index in [1.54, 1.807) is 0 Å². The molecule has 2 aliphatic rings. The number of benzene rings is 1. The van der Waals surface area contributed by atoms with E-state index in [2.05, 4.69) is 29.0 Å². The van der Waals surface area contributed by atoms with Crippen molar-refractivity contribution in [3.8, 4) is 5.75 Å². The minimum Gasteiger partial charge on any atom is -0.491 e. The number of hydrogen-bond donors (Lipinski definition) is 1. The van der Waals surface area contributed by atoms with Gasteiger partial charge in [0.25, 0.3) is 0 Å². The first-order chi connectivity index (χ1) is 12.7. The molecule has 6 nitrogen and oxygen atoms in total. The van der Waals surface area contributed by atoms with Gasteiger partial charge in [0.05, 0.1) is 13.2 Å². The first-order valence-electron chi connectivity index (χ1n) is 9.68. The number of morpholine rings is 1. The van der Waals surface area contributed by atoms with Gasteiger partial charge in [-0.05, 0) is 37.6 Å². The number of aliphatic hydroxyl groups is 1. The summed E-state index contributed by atoms with van der Waals surface area (Å²) in [4.78, 5) is 4.62. The van der Waals surface area contributed by atoms with Crippen molar-refractivity contribution in [1.29, 1.82) is 0 Å². The summed E-state index contributed by atoms with van der Waals surface area (Å²) in [5.74, 6) is 0.823. The average Bonchev–Trinajstić information content (AvgIpc) is 2.68. The van der Waals surface area contributed by atoms with Gasteiger partial charge in [0, 0.05) is 45.4 Å². The maximum Gasteiger partial charge on any atom is 0.119 e. The molecule has 26 heavy (non-hydrogen) atoms. The normalized spacial score (nSPS) is 21.0. The maximum atomic E-state index is 10.2. The summed E-state index contributed by atoms with van der Waals surface area (Å²) in [6.45, 7) is 6.82. The van der Waals surface area contributed by atoms with Gasteiger partial charge in [-0.1, -0.05) is 12.1 Å². The van der Waals surface area contributed by atoms with Crippen LogP contribution in [0.3, 0.4) is 0 Å². The van der Waals surface area contributed by atoms with Gasteiger partial charge in [-0.25, -0.2) is 0 Å². The van der Waals surface area contributed by atoms with Crippen molar-refractivity contribution in [3.05, 3.63) is 29.8 Å². The molecule has 2 aliphatic heterocycles. The minimum absolute atomic E-state index is 0.316. The number of β-amino-alcohol motifs (C(OH)–C–C–N with tert-alkyl or cyclic N) is 1. The highest BCUT2D eigenvalue weighted by Crippen LogP contribution is 2.19. The zero-order chi connectivity index (χ0) is 18.2. The van der Waals surface area contributed by atoms with E-state index in [0.717, 1.165) is 64.7 Å². The lowest BCUT2D eigenvalue weighted by Gasteiger charge is -2.31. The Kier molecular flexibility index (Phi) is 7.70. The summed E-state index contributed by atoms with van der Waals surface area (Å²) < 4.78 is 16.6. The molecule has 1 aromatic carbocycles. The summed E-state index contributed by atoms with van der Waals surface area (Å²) in [6.07, 6.45) is 1.71. The molecule has 2 saturated heterocycles. The second kappa shape index (κ2) is 10.2. The molecule has 0 spiro atoms. The van der Waals surface area contributed by atoms with Crippen LogP contribution < -0.4 is 4.74 Å². The van der Waals surface area contributed by atoms with E-state index in [4.69, 9.17) is 14.2 Å². The fraction of sp³-hybridized carbons (Fsp3) is 0.700. The zero-order valence-electron chi connectivity index (χ0n) is 15.8. The first-order valence-corrected chi connectivity index (χ1v) is 9.68. The Bertz CT molecular complexity index is 530. The quantitative estimate of drug-likeness (QED) is 0.752. The second-order valence-electron chi connectivity index (χ2n) is 7.28. The van der Waals surface area contributed by atoms with Crippen molar-refractivity contribution in [2.75, 3.05) is 59.7 Å². The molecule has 146 valence electrons. The van der Waals surface area contributed by atoms with Crippen molar-refractivity contribution in [2.45, 2.75) is 31.5 Å². The molecular weight excluding hydrogens is 332 g/mol. The van der Waals surface area contributed by atoms with Crippen LogP contribution in [-0.2, 0) is 16.0 Å². The van der Waals surface area contributed by atoms with Crippen LogP contribution in [0.4, 0.5) is 0 Å². The standard InChI is InChI=1S/C20H32N2O4/c1-21(18-5-9-24-10-6-18)14-17-3-2-4-20(13-17)26-16-19(23)15-22-7-11-25-12-8-22/h2-4,13,18-19,23H,5-12,14-16H2,1H3. The van der Waals surface area contributed by atoms with Crippen LogP contribution in [0.5, 0.6) is 5.75 Å². The molecule has 0 radical (unpaired) electrons. The smallest absolute Gasteiger partial charge is 0.119 e. The molecule has 1 atom stereocenters. The fourth-order valence-electron chi connectivity index (χ4n) is 3.60. The molecule has 2 fully saturated rings. The third-order valence-corrected chi connectivity index (χ3v) is 5.16. The van der Waals surface area contributed by atoms with E-state index in [9.17, 15) is 5.11 Å². The van der Waals surface area contributed by atoms with Crippen molar-refractivity contribution < 1.29 is 19.3 Å². The van der Waals surface area contributed by atoms with Crippen LogP contribution in [0, 0.1) is 0 Å². The number of rotatable bonds is 8. The van der Waals surface area contributed by atoms with Crippen molar-refractivity contribution in [1.82, 2.24) is 9.80 Å². The largest absolute Gasteiger partial charge is 0.491 e. The van der Waals surface area contributed by atoms with Crippen LogP contribution in [0.15, 0.2) is 24.3 Å². The Labute approximate surface area is 156 Å². The fourth-order valence-corrected chi connectivity index (χ4v) is 3.60. The van der Waals surface area contributed by atoms with Crippen LogP contribution in [0.25, 0.3) is 0 Å². The van der Waals surface area contributed by atoms with Gasteiger partial charge in [0.15, 0.2) is 0 Å². The predicted molar refractivity (Wildman–Crippen MR) is 101 cm³/mol. The van der Waals surface area contributed by atoms with E-state index in [1.807, 2.05) is 12.1 Å². The Morgan fingerprint density at radius 2 is 1.92 bits per heavy atom. The van der Waals surface area contributed by atoms with Crippen molar-refractivity contribution >= 4 is 0 Å². The average molecular weight is 364 g/mol. The summed E-state index contributed by atoms with van der Waals surface area (Å²) in [7, 11) is 2.18. The summed E-state index contributed by atoms with van der Waals surface area (Å²) in [6, 6.07) is 8.78.